The number of nitrogens with one attached hydrogen (secondary N) is 1. The predicted molar refractivity (Wildman–Crippen MR) is 72.8 cm³/mol. The van der Waals surface area contributed by atoms with Crippen molar-refractivity contribution in [2.24, 2.45) is 0 Å². The van der Waals surface area contributed by atoms with Gasteiger partial charge in [0.2, 0.25) is 0 Å². The number of carbonyl (C=O) groups is 1. The molecule has 0 unspecified atom stereocenters. The van der Waals surface area contributed by atoms with E-state index in [2.05, 4.69) is 5.32 Å². The number of methoxy groups -OCH3 is 1. The van der Waals surface area contributed by atoms with E-state index in [9.17, 15) is 22.0 Å². The molecule has 1 aromatic carbocycles. The van der Waals surface area contributed by atoms with E-state index >= 15 is 0 Å². The number of rotatable bonds is 5. The molecule has 1 rings (SSSR count). The lowest BCUT2D eigenvalue weighted by molar-refractivity contribution is 0.0228. The van der Waals surface area contributed by atoms with Crippen LogP contribution in [0.5, 0.6) is 0 Å². The van der Waals surface area contributed by atoms with Crippen LogP contribution in [0.3, 0.4) is 0 Å². The third kappa shape index (κ3) is 4.62. The second kappa shape index (κ2) is 6.25. The van der Waals surface area contributed by atoms with Crippen molar-refractivity contribution in [3.63, 3.8) is 0 Å². The molecule has 1 N–H and O–H groups in total. The summed E-state index contributed by atoms with van der Waals surface area (Å²) >= 11 is 0. The Morgan fingerprint density at radius 3 is 2.38 bits per heavy atom. The average molecular weight is 342 g/mol. The molecule has 5 nitrogen and oxygen atoms in total. The van der Waals surface area contributed by atoms with Gasteiger partial charge in [-0.2, -0.15) is 0 Å². The van der Waals surface area contributed by atoms with E-state index < -0.39 is 42.7 Å². The molecule has 0 aliphatic carbocycles. The first-order chi connectivity index (χ1) is 9.48. The number of benzene rings is 1. The summed E-state index contributed by atoms with van der Waals surface area (Å²) in [6.45, 7) is 3.41. The van der Waals surface area contributed by atoms with Crippen LogP contribution in [0.15, 0.2) is 17.0 Å². The highest BCUT2D eigenvalue weighted by Gasteiger charge is 2.24. The molecule has 0 heterocycles. The molecule has 0 radical (unpaired) electrons. The molecule has 0 aliphatic heterocycles. The summed E-state index contributed by atoms with van der Waals surface area (Å²) in [6.07, 6.45) is 0. The molecule has 118 valence electrons. The molecule has 0 aliphatic rings. The largest absolute Gasteiger partial charge is 0.377 e. The maximum Gasteiger partial charge on any atom is 0.264 e. The van der Waals surface area contributed by atoms with Crippen LogP contribution in [0.1, 0.15) is 24.2 Å². The van der Waals surface area contributed by atoms with E-state index in [0.29, 0.717) is 12.1 Å². The van der Waals surface area contributed by atoms with Crippen LogP contribution >= 0.6 is 10.7 Å². The van der Waals surface area contributed by atoms with Crippen molar-refractivity contribution in [2.75, 3.05) is 13.7 Å². The number of ether oxygens (including phenoxy) is 1. The lowest BCUT2D eigenvalue weighted by atomic mass is 10.1. The van der Waals surface area contributed by atoms with Crippen LogP contribution in [-0.4, -0.2) is 33.6 Å². The van der Waals surface area contributed by atoms with Gasteiger partial charge in [-0.15, -0.1) is 0 Å². The molecule has 0 aromatic heterocycles. The van der Waals surface area contributed by atoms with E-state index in [1.165, 1.54) is 7.11 Å². The van der Waals surface area contributed by atoms with Crippen LogP contribution in [-0.2, 0) is 13.8 Å². The zero-order chi connectivity index (χ0) is 16.4. The van der Waals surface area contributed by atoms with Crippen molar-refractivity contribution < 1.29 is 26.7 Å². The first-order valence-electron chi connectivity index (χ1n) is 5.75. The standard InChI is InChI=1S/C12H14ClF2NO4S/c1-12(2,20-3)6-16-11(17)7-4-10(21(13,18)19)9(15)5-8(7)14/h4-5H,6H2,1-3H3,(H,16,17). The number of carbonyl (C=O) groups excluding carboxylic acids is 1. The third-order valence-corrected chi connectivity index (χ3v) is 4.09. The van der Waals surface area contributed by atoms with Crippen molar-refractivity contribution in [3.8, 4) is 0 Å². The minimum atomic E-state index is -4.43. The second-order valence-corrected chi connectivity index (χ2v) is 7.38. The summed E-state index contributed by atoms with van der Waals surface area (Å²) in [4.78, 5) is 10.9. The van der Waals surface area contributed by atoms with Gasteiger partial charge in [0.15, 0.2) is 0 Å². The van der Waals surface area contributed by atoms with Crippen molar-refractivity contribution >= 4 is 25.6 Å². The fourth-order valence-corrected chi connectivity index (χ4v) is 2.26. The number of halogens is 3. The summed E-state index contributed by atoms with van der Waals surface area (Å²) in [5.41, 5.74) is -1.32. The topological polar surface area (TPSA) is 72.5 Å². The Morgan fingerprint density at radius 1 is 1.33 bits per heavy atom. The van der Waals surface area contributed by atoms with Gasteiger partial charge in [0, 0.05) is 30.4 Å². The summed E-state index contributed by atoms with van der Waals surface area (Å²) in [5, 5.41) is 2.36. The molecule has 9 heteroatoms. The monoisotopic (exact) mass is 341 g/mol. The quantitative estimate of drug-likeness (QED) is 0.832. The van der Waals surface area contributed by atoms with E-state index in [4.69, 9.17) is 15.4 Å². The van der Waals surface area contributed by atoms with E-state index in [1.54, 1.807) is 13.8 Å². The molecule has 21 heavy (non-hydrogen) atoms. The number of amides is 1. The molecular weight excluding hydrogens is 328 g/mol. The highest BCUT2D eigenvalue weighted by molar-refractivity contribution is 8.13. The molecule has 1 amide bonds. The molecule has 1 aromatic rings. The summed E-state index contributed by atoms with van der Waals surface area (Å²) < 4.78 is 54.3. The van der Waals surface area contributed by atoms with Crippen molar-refractivity contribution in [3.05, 3.63) is 29.3 Å². The summed E-state index contributed by atoms with van der Waals surface area (Å²) in [5.74, 6) is -3.46. The lowest BCUT2D eigenvalue weighted by Gasteiger charge is -2.23. The van der Waals surface area contributed by atoms with Crippen molar-refractivity contribution in [2.45, 2.75) is 24.3 Å². The van der Waals surface area contributed by atoms with Crippen LogP contribution in [0.2, 0.25) is 0 Å². The predicted octanol–water partition coefficient (Wildman–Crippen LogP) is 2.05. The zero-order valence-corrected chi connectivity index (χ0v) is 13.1. The number of hydrogen-bond donors (Lipinski definition) is 1. The van der Waals surface area contributed by atoms with Gasteiger partial charge in [0.1, 0.15) is 16.5 Å². The van der Waals surface area contributed by atoms with Crippen LogP contribution in [0.25, 0.3) is 0 Å². The Bertz CT molecular complexity index is 661. The second-order valence-electron chi connectivity index (χ2n) is 4.85. The Hall–Kier alpha value is -1.25. The number of hydrogen-bond acceptors (Lipinski definition) is 4. The Labute approximate surface area is 125 Å². The fourth-order valence-electron chi connectivity index (χ4n) is 1.35. The van der Waals surface area contributed by atoms with Crippen LogP contribution in [0, 0.1) is 11.6 Å². The smallest absolute Gasteiger partial charge is 0.264 e. The minimum Gasteiger partial charge on any atom is -0.377 e. The van der Waals surface area contributed by atoms with Crippen molar-refractivity contribution in [1.82, 2.24) is 5.32 Å². The van der Waals surface area contributed by atoms with Crippen LogP contribution < -0.4 is 5.32 Å². The maximum atomic E-state index is 13.6. The molecule has 0 fully saturated rings. The van der Waals surface area contributed by atoms with Gasteiger partial charge in [0.05, 0.1) is 11.2 Å². The zero-order valence-electron chi connectivity index (χ0n) is 11.5. The van der Waals surface area contributed by atoms with Gasteiger partial charge >= 0.3 is 0 Å². The maximum absolute atomic E-state index is 13.6. The molecular formula is C12H14ClF2NO4S. The van der Waals surface area contributed by atoms with Crippen molar-refractivity contribution in [1.29, 1.82) is 0 Å². The lowest BCUT2D eigenvalue weighted by Crippen LogP contribution is -2.40. The van der Waals surface area contributed by atoms with E-state index in [0.717, 1.165) is 0 Å². The summed E-state index contributed by atoms with van der Waals surface area (Å²) in [6, 6.07) is 0.855. The molecule has 0 atom stereocenters. The molecule has 0 bridgehead atoms. The van der Waals surface area contributed by atoms with Gasteiger partial charge in [-0.3, -0.25) is 4.79 Å². The summed E-state index contributed by atoms with van der Waals surface area (Å²) in [7, 11) is 2.03. The fraction of sp³-hybridized carbons (Fsp3) is 0.417. The van der Waals surface area contributed by atoms with E-state index in [-0.39, 0.29) is 6.54 Å². The normalized spacial score (nSPS) is 12.3. The van der Waals surface area contributed by atoms with Gasteiger partial charge in [0.25, 0.3) is 15.0 Å². The molecule has 0 saturated heterocycles. The first kappa shape index (κ1) is 17.8. The SMILES string of the molecule is COC(C)(C)CNC(=O)c1cc(S(=O)(=O)Cl)c(F)cc1F. The third-order valence-electron chi connectivity index (χ3n) is 2.76. The first-order valence-corrected chi connectivity index (χ1v) is 8.06. The Balaban J connectivity index is 3.11. The van der Waals surface area contributed by atoms with Gasteiger partial charge in [-0.25, -0.2) is 17.2 Å². The van der Waals surface area contributed by atoms with Crippen LogP contribution in [0.4, 0.5) is 8.78 Å². The Morgan fingerprint density at radius 2 is 1.90 bits per heavy atom. The van der Waals surface area contributed by atoms with Gasteiger partial charge in [-0.05, 0) is 19.9 Å². The highest BCUT2D eigenvalue weighted by Crippen LogP contribution is 2.22. The average Bonchev–Trinajstić information content (AvgIpc) is 2.34. The van der Waals surface area contributed by atoms with Gasteiger partial charge in [-0.1, -0.05) is 0 Å². The van der Waals surface area contributed by atoms with E-state index in [1.807, 2.05) is 0 Å². The molecule has 0 spiro atoms. The minimum absolute atomic E-state index is 0.0438. The Kier molecular flexibility index (Phi) is 5.30. The highest BCUT2D eigenvalue weighted by atomic mass is 35.7. The van der Waals surface area contributed by atoms with Gasteiger partial charge < -0.3 is 10.1 Å². The molecule has 0 saturated carbocycles.